The van der Waals surface area contributed by atoms with E-state index in [9.17, 15) is 9.59 Å². The van der Waals surface area contributed by atoms with Crippen LogP contribution in [0.2, 0.25) is 0 Å². The lowest BCUT2D eigenvalue weighted by atomic mass is 10.1. The average molecular weight is 309 g/mol. The number of unbranched alkanes of at least 4 members (excludes halogenated alkanes) is 1. The van der Waals surface area contributed by atoms with Gasteiger partial charge in [-0.2, -0.15) is 0 Å². The summed E-state index contributed by atoms with van der Waals surface area (Å²) in [5.74, 6) is 0.274. The Labute approximate surface area is 131 Å². The fraction of sp³-hybridized carbons (Fsp3) is 0.733. The van der Waals surface area contributed by atoms with Crippen LogP contribution in [-0.2, 0) is 22.6 Å². The maximum atomic E-state index is 11.5. The molecule has 0 saturated carbocycles. The monoisotopic (exact) mass is 309 g/mol. The van der Waals surface area contributed by atoms with Gasteiger partial charge in [0, 0.05) is 13.0 Å². The van der Waals surface area contributed by atoms with Crippen molar-refractivity contribution in [3.63, 3.8) is 0 Å². The number of ketones is 2. The molecule has 22 heavy (non-hydrogen) atoms. The summed E-state index contributed by atoms with van der Waals surface area (Å²) in [7, 11) is 3.58. The van der Waals surface area contributed by atoms with E-state index in [0.29, 0.717) is 6.42 Å². The van der Waals surface area contributed by atoms with Crippen LogP contribution in [0.5, 0.6) is 0 Å². The third-order valence-electron chi connectivity index (χ3n) is 3.90. The highest BCUT2D eigenvalue weighted by atomic mass is 16.1. The van der Waals surface area contributed by atoms with Crippen molar-refractivity contribution in [2.45, 2.75) is 58.2 Å². The molecule has 0 unspecified atom stereocenters. The van der Waals surface area contributed by atoms with Crippen molar-refractivity contribution in [1.82, 2.24) is 25.6 Å². The minimum Gasteiger partial charge on any atom is -0.311 e. The number of rotatable bonds is 11. The number of likely N-dealkylation sites (N-methyl/N-ethyl adjacent to an activating group) is 2. The molecule has 7 heteroatoms. The van der Waals surface area contributed by atoms with Gasteiger partial charge in [0.15, 0.2) is 0 Å². The normalized spacial score (nSPS) is 13.8. The van der Waals surface area contributed by atoms with Gasteiger partial charge < -0.3 is 10.6 Å². The standard InChI is InChI=1S/C15H27N5O2/c1-11(21)14(16-3)7-5-6-8-20-13(10-18-19-20)9-15(17-4)12(2)22/h10,14-17H,5-9H2,1-4H3/t14-,15-/m0/s1. The Kier molecular flexibility index (Phi) is 7.90. The summed E-state index contributed by atoms with van der Waals surface area (Å²) in [6.07, 6.45) is 4.98. The van der Waals surface area contributed by atoms with E-state index in [0.717, 1.165) is 31.5 Å². The Morgan fingerprint density at radius 2 is 1.77 bits per heavy atom. The van der Waals surface area contributed by atoms with Crippen LogP contribution in [0, 0.1) is 0 Å². The van der Waals surface area contributed by atoms with Gasteiger partial charge in [-0.1, -0.05) is 5.21 Å². The molecule has 0 bridgehead atoms. The molecule has 0 fully saturated rings. The van der Waals surface area contributed by atoms with Crippen LogP contribution < -0.4 is 10.6 Å². The number of nitrogens with one attached hydrogen (secondary N) is 2. The number of aromatic nitrogens is 3. The Morgan fingerprint density at radius 3 is 2.32 bits per heavy atom. The SMILES string of the molecule is CN[C@@H](CCCCn1nncc1C[C@H](NC)C(C)=O)C(C)=O. The average Bonchev–Trinajstić information content (AvgIpc) is 2.91. The van der Waals surface area contributed by atoms with Crippen LogP contribution in [0.4, 0.5) is 0 Å². The van der Waals surface area contributed by atoms with Crippen LogP contribution in [0.15, 0.2) is 6.20 Å². The van der Waals surface area contributed by atoms with Gasteiger partial charge in [-0.15, -0.1) is 5.10 Å². The van der Waals surface area contributed by atoms with Gasteiger partial charge in [-0.05, 0) is 47.2 Å². The van der Waals surface area contributed by atoms with Crippen LogP contribution in [-0.4, -0.2) is 52.7 Å². The molecule has 2 atom stereocenters. The molecule has 0 aromatic carbocycles. The second-order valence-corrected chi connectivity index (χ2v) is 5.55. The first-order valence-corrected chi connectivity index (χ1v) is 7.72. The van der Waals surface area contributed by atoms with Gasteiger partial charge in [0.1, 0.15) is 11.6 Å². The van der Waals surface area contributed by atoms with Crippen molar-refractivity contribution >= 4 is 11.6 Å². The smallest absolute Gasteiger partial charge is 0.147 e. The van der Waals surface area contributed by atoms with Gasteiger partial charge in [0.25, 0.3) is 0 Å². The third kappa shape index (κ3) is 5.65. The molecule has 1 rings (SSSR count). The molecule has 0 spiro atoms. The molecule has 124 valence electrons. The lowest BCUT2D eigenvalue weighted by Crippen LogP contribution is -2.35. The first-order valence-electron chi connectivity index (χ1n) is 7.72. The minimum atomic E-state index is -0.205. The van der Waals surface area contributed by atoms with E-state index in [1.807, 2.05) is 4.68 Å². The summed E-state index contributed by atoms with van der Waals surface area (Å²) in [6.45, 7) is 3.93. The topological polar surface area (TPSA) is 88.9 Å². The molecule has 2 N–H and O–H groups in total. The second-order valence-electron chi connectivity index (χ2n) is 5.55. The zero-order valence-corrected chi connectivity index (χ0v) is 13.9. The lowest BCUT2D eigenvalue weighted by Gasteiger charge is -2.14. The Hall–Kier alpha value is -1.60. The number of carbonyl (C=O) groups excluding carboxylic acids is 2. The van der Waals surface area contributed by atoms with Crippen molar-refractivity contribution < 1.29 is 9.59 Å². The first kappa shape index (κ1) is 18.4. The molecule has 0 saturated heterocycles. The van der Waals surface area contributed by atoms with E-state index in [4.69, 9.17) is 0 Å². The molecule has 0 amide bonds. The predicted octanol–water partition coefficient (Wildman–Crippen LogP) is 0.345. The molecule has 1 aromatic rings. The highest BCUT2D eigenvalue weighted by Gasteiger charge is 2.16. The van der Waals surface area contributed by atoms with E-state index in [1.165, 1.54) is 0 Å². The number of nitrogens with zero attached hydrogens (tertiary/aromatic N) is 3. The Bertz CT molecular complexity index is 486. The number of hydrogen-bond acceptors (Lipinski definition) is 6. The van der Waals surface area contributed by atoms with Crippen molar-refractivity contribution in [1.29, 1.82) is 0 Å². The number of aryl methyl sites for hydroxylation is 1. The zero-order valence-electron chi connectivity index (χ0n) is 13.9. The molecule has 0 aliphatic rings. The molecule has 0 radical (unpaired) electrons. The van der Waals surface area contributed by atoms with E-state index < -0.39 is 0 Å². The second kappa shape index (κ2) is 9.42. The van der Waals surface area contributed by atoms with E-state index in [-0.39, 0.29) is 23.7 Å². The van der Waals surface area contributed by atoms with Crippen molar-refractivity contribution in [3.05, 3.63) is 11.9 Å². The zero-order chi connectivity index (χ0) is 16.5. The fourth-order valence-electron chi connectivity index (χ4n) is 2.44. The molecule has 1 aromatic heterocycles. The number of Topliss-reactive ketones (excluding diaryl/α,β-unsaturated/α-hetero) is 2. The van der Waals surface area contributed by atoms with E-state index in [1.54, 1.807) is 34.1 Å². The highest BCUT2D eigenvalue weighted by molar-refractivity contribution is 5.81. The molecule has 0 aliphatic carbocycles. The maximum Gasteiger partial charge on any atom is 0.147 e. The van der Waals surface area contributed by atoms with E-state index in [2.05, 4.69) is 20.9 Å². The van der Waals surface area contributed by atoms with Crippen LogP contribution in [0.3, 0.4) is 0 Å². The first-order chi connectivity index (χ1) is 10.5. The summed E-state index contributed by atoms with van der Waals surface area (Å²) >= 11 is 0. The fourth-order valence-corrected chi connectivity index (χ4v) is 2.44. The predicted molar refractivity (Wildman–Crippen MR) is 84.6 cm³/mol. The van der Waals surface area contributed by atoms with Gasteiger partial charge in [0.05, 0.1) is 24.0 Å². The molecule has 7 nitrogen and oxygen atoms in total. The van der Waals surface area contributed by atoms with Gasteiger partial charge in [0.2, 0.25) is 0 Å². The van der Waals surface area contributed by atoms with Gasteiger partial charge in [-0.25, -0.2) is 4.68 Å². The summed E-state index contributed by atoms with van der Waals surface area (Å²) < 4.78 is 1.84. The molecule has 0 aliphatic heterocycles. The number of hydrogen-bond donors (Lipinski definition) is 2. The van der Waals surface area contributed by atoms with Crippen LogP contribution >= 0.6 is 0 Å². The summed E-state index contributed by atoms with van der Waals surface area (Å²) in [5, 5.41) is 14.0. The Balaban J connectivity index is 2.46. The lowest BCUT2D eigenvalue weighted by molar-refractivity contribution is -0.119. The maximum absolute atomic E-state index is 11.5. The summed E-state index contributed by atoms with van der Waals surface area (Å²) in [4.78, 5) is 22.8. The highest BCUT2D eigenvalue weighted by Crippen LogP contribution is 2.07. The van der Waals surface area contributed by atoms with Crippen LogP contribution in [0.25, 0.3) is 0 Å². The van der Waals surface area contributed by atoms with Crippen molar-refractivity contribution in [2.24, 2.45) is 0 Å². The number of carbonyl (C=O) groups is 2. The molecular weight excluding hydrogens is 282 g/mol. The molecule has 1 heterocycles. The van der Waals surface area contributed by atoms with Crippen molar-refractivity contribution in [3.8, 4) is 0 Å². The Morgan fingerprint density at radius 1 is 1.14 bits per heavy atom. The van der Waals surface area contributed by atoms with Gasteiger partial charge >= 0.3 is 0 Å². The largest absolute Gasteiger partial charge is 0.311 e. The minimum absolute atomic E-state index is 0.0680. The third-order valence-corrected chi connectivity index (χ3v) is 3.90. The van der Waals surface area contributed by atoms with E-state index >= 15 is 0 Å². The van der Waals surface area contributed by atoms with Crippen molar-refractivity contribution in [2.75, 3.05) is 14.1 Å². The van der Waals surface area contributed by atoms with Gasteiger partial charge in [-0.3, -0.25) is 9.59 Å². The quantitative estimate of drug-likeness (QED) is 0.573. The van der Waals surface area contributed by atoms with Crippen LogP contribution in [0.1, 0.15) is 38.8 Å². The summed E-state index contributed by atoms with van der Waals surface area (Å²) in [5.41, 5.74) is 0.950. The summed E-state index contributed by atoms with van der Waals surface area (Å²) in [6, 6.07) is -0.273. The molecular formula is C15H27N5O2.